The number of para-hydroxylation sites is 2. The van der Waals surface area contributed by atoms with Crippen molar-refractivity contribution in [3.63, 3.8) is 0 Å². The average Bonchev–Trinajstić information content (AvgIpc) is 3.52. The zero-order chi connectivity index (χ0) is 21.2. The van der Waals surface area contributed by atoms with Gasteiger partial charge in [0.05, 0.1) is 5.75 Å². The lowest BCUT2D eigenvalue weighted by atomic mass is 10.2. The molecule has 1 aliphatic rings. The Morgan fingerprint density at radius 2 is 1.81 bits per heavy atom. The minimum atomic E-state index is 0.0987. The highest BCUT2D eigenvalue weighted by molar-refractivity contribution is 7.99. The van der Waals surface area contributed by atoms with E-state index in [2.05, 4.69) is 31.5 Å². The lowest BCUT2D eigenvalue weighted by Crippen LogP contribution is -2.30. The number of aromatic nitrogens is 4. The molecule has 6 nitrogen and oxygen atoms in total. The second-order valence-corrected chi connectivity index (χ2v) is 8.51. The number of carbonyl (C=O) groups is 1. The molecule has 2 aromatic carbocycles. The van der Waals surface area contributed by atoms with Crippen molar-refractivity contribution in [2.24, 2.45) is 7.05 Å². The molecule has 0 fully saturated rings. The molecule has 0 saturated heterocycles. The van der Waals surface area contributed by atoms with E-state index >= 15 is 0 Å². The number of amides is 1. The van der Waals surface area contributed by atoms with E-state index in [1.54, 1.807) is 0 Å². The fraction of sp³-hybridized carbons (Fsp3) is 0.208. The summed E-state index contributed by atoms with van der Waals surface area (Å²) in [5.74, 6) is 1.28. The standard InChI is InChI=1S/C24H23N5OS/c1-27-14-7-11-20(27)16-22-25-26-24(29(22)19-9-3-2-4-10-19)31-17-23(30)28-15-13-18-8-5-6-12-21(18)28/h2-12,14H,13,15-17H2,1H3. The Kier molecular flexibility index (Phi) is 5.34. The van der Waals surface area contributed by atoms with E-state index in [1.165, 1.54) is 17.3 Å². The summed E-state index contributed by atoms with van der Waals surface area (Å²) in [6.07, 6.45) is 3.60. The van der Waals surface area contributed by atoms with Crippen LogP contribution < -0.4 is 4.90 Å². The number of hydrogen-bond acceptors (Lipinski definition) is 4. The SMILES string of the molecule is Cn1cccc1Cc1nnc(SCC(=O)N2CCc3ccccc32)n1-c1ccccc1. The number of carbonyl (C=O) groups excluding carboxylic acids is 1. The van der Waals surface area contributed by atoms with Gasteiger partial charge in [-0.1, -0.05) is 48.2 Å². The summed E-state index contributed by atoms with van der Waals surface area (Å²) < 4.78 is 4.15. The van der Waals surface area contributed by atoms with Crippen molar-refractivity contribution >= 4 is 23.4 Å². The molecule has 0 bridgehead atoms. The highest BCUT2D eigenvalue weighted by Crippen LogP contribution is 2.29. The quantitative estimate of drug-likeness (QED) is 0.437. The molecule has 0 saturated carbocycles. The van der Waals surface area contributed by atoms with Crippen molar-refractivity contribution in [1.82, 2.24) is 19.3 Å². The first kappa shape index (κ1) is 19.6. The van der Waals surface area contributed by atoms with E-state index in [0.29, 0.717) is 12.2 Å². The number of hydrogen-bond donors (Lipinski definition) is 0. The van der Waals surface area contributed by atoms with Crippen LogP contribution in [0.15, 0.2) is 78.1 Å². The molecular weight excluding hydrogens is 406 g/mol. The number of benzene rings is 2. The molecule has 3 heterocycles. The van der Waals surface area contributed by atoms with Crippen molar-refractivity contribution in [2.45, 2.75) is 18.0 Å². The van der Waals surface area contributed by atoms with Gasteiger partial charge < -0.3 is 9.47 Å². The fourth-order valence-electron chi connectivity index (χ4n) is 3.99. The van der Waals surface area contributed by atoms with Crippen LogP contribution in [0.1, 0.15) is 17.1 Å². The smallest absolute Gasteiger partial charge is 0.237 e. The first-order valence-electron chi connectivity index (χ1n) is 10.3. The van der Waals surface area contributed by atoms with E-state index in [0.717, 1.165) is 41.0 Å². The minimum absolute atomic E-state index is 0.0987. The number of aryl methyl sites for hydroxylation is 1. The van der Waals surface area contributed by atoms with Gasteiger partial charge in [0.1, 0.15) is 5.82 Å². The second kappa shape index (κ2) is 8.43. The van der Waals surface area contributed by atoms with Gasteiger partial charge in [-0.15, -0.1) is 10.2 Å². The zero-order valence-corrected chi connectivity index (χ0v) is 18.1. The van der Waals surface area contributed by atoms with Crippen molar-refractivity contribution in [2.75, 3.05) is 17.2 Å². The van der Waals surface area contributed by atoms with Gasteiger partial charge in [0.25, 0.3) is 0 Å². The summed E-state index contributed by atoms with van der Waals surface area (Å²) in [5.41, 5.74) is 4.42. The molecule has 5 rings (SSSR count). The molecule has 7 heteroatoms. The molecule has 1 amide bonds. The zero-order valence-electron chi connectivity index (χ0n) is 17.3. The maximum atomic E-state index is 13.0. The van der Waals surface area contributed by atoms with Crippen LogP contribution in [0.2, 0.25) is 0 Å². The number of thioether (sulfide) groups is 1. The Labute approximate surface area is 185 Å². The van der Waals surface area contributed by atoms with E-state index in [-0.39, 0.29) is 5.91 Å². The van der Waals surface area contributed by atoms with Gasteiger partial charge in [-0.05, 0) is 42.3 Å². The first-order valence-corrected chi connectivity index (χ1v) is 11.3. The average molecular weight is 430 g/mol. The van der Waals surface area contributed by atoms with Crippen LogP contribution in [0, 0.1) is 0 Å². The number of nitrogens with zero attached hydrogens (tertiary/aromatic N) is 5. The first-order chi connectivity index (χ1) is 15.2. The van der Waals surface area contributed by atoms with Gasteiger partial charge in [0.15, 0.2) is 5.16 Å². The van der Waals surface area contributed by atoms with Crippen molar-refractivity contribution in [1.29, 1.82) is 0 Å². The van der Waals surface area contributed by atoms with Crippen LogP contribution in [0.4, 0.5) is 5.69 Å². The van der Waals surface area contributed by atoms with Gasteiger partial charge >= 0.3 is 0 Å². The van der Waals surface area contributed by atoms with Gasteiger partial charge in [-0.2, -0.15) is 0 Å². The predicted molar refractivity (Wildman–Crippen MR) is 123 cm³/mol. The summed E-state index contributed by atoms with van der Waals surface area (Å²) >= 11 is 1.44. The Bertz CT molecular complexity index is 1210. The highest BCUT2D eigenvalue weighted by atomic mass is 32.2. The molecule has 156 valence electrons. The molecule has 0 N–H and O–H groups in total. The molecule has 4 aromatic rings. The van der Waals surface area contributed by atoms with Crippen molar-refractivity contribution in [3.8, 4) is 5.69 Å². The molecular formula is C24H23N5OS. The van der Waals surface area contributed by atoms with Gasteiger partial charge in [-0.3, -0.25) is 9.36 Å². The van der Waals surface area contributed by atoms with E-state index in [9.17, 15) is 4.79 Å². The number of anilines is 1. The largest absolute Gasteiger partial charge is 0.354 e. The summed E-state index contributed by atoms with van der Waals surface area (Å²) in [5, 5.41) is 9.65. The van der Waals surface area contributed by atoms with Crippen molar-refractivity contribution in [3.05, 3.63) is 90.0 Å². The molecule has 31 heavy (non-hydrogen) atoms. The van der Waals surface area contributed by atoms with Crippen LogP contribution in [0.25, 0.3) is 5.69 Å². The van der Waals surface area contributed by atoms with E-state index in [4.69, 9.17) is 0 Å². The summed E-state index contributed by atoms with van der Waals surface area (Å²) in [6.45, 7) is 0.739. The monoisotopic (exact) mass is 429 g/mol. The van der Waals surface area contributed by atoms with Crippen LogP contribution in [-0.4, -0.2) is 37.5 Å². The maximum Gasteiger partial charge on any atom is 0.237 e. The van der Waals surface area contributed by atoms with Crippen molar-refractivity contribution < 1.29 is 4.79 Å². The molecule has 0 spiro atoms. The Hall–Kier alpha value is -3.32. The summed E-state index contributed by atoms with van der Waals surface area (Å²) in [4.78, 5) is 14.9. The molecule has 0 aliphatic carbocycles. The van der Waals surface area contributed by atoms with E-state index < -0.39 is 0 Å². The third-order valence-corrected chi connectivity index (χ3v) is 6.53. The van der Waals surface area contributed by atoms with Gasteiger partial charge in [0, 0.05) is 43.3 Å². The molecule has 0 radical (unpaired) electrons. The Balaban J connectivity index is 1.39. The summed E-state index contributed by atoms with van der Waals surface area (Å²) in [7, 11) is 2.03. The van der Waals surface area contributed by atoms with Gasteiger partial charge in [-0.25, -0.2) is 0 Å². The van der Waals surface area contributed by atoms with Crippen LogP contribution in [0.3, 0.4) is 0 Å². The molecule has 1 aliphatic heterocycles. The molecule has 0 unspecified atom stereocenters. The van der Waals surface area contributed by atoms with E-state index in [1.807, 2.05) is 72.7 Å². The minimum Gasteiger partial charge on any atom is -0.354 e. The maximum absolute atomic E-state index is 13.0. The highest BCUT2D eigenvalue weighted by Gasteiger charge is 2.25. The fourth-order valence-corrected chi connectivity index (χ4v) is 4.84. The predicted octanol–water partition coefficient (Wildman–Crippen LogP) is 3.88. The van der Waals surface area contributed by atoms with Crippen LogP contribution in [0.5, 0.6) is 0 Å². The van der Waals surface area contributed by atoms with Crippen LogP contribution >= 0.6 is 11.8 Å². The number of rotatable bonds is 6. The Morgan fingerprint density at radius 1 is 1.00 bits per heavy atom. The molecule has 0 atom stereocenters. The van der Waals surface area contributed by atoms with Gasteiger partial charge in [0.2, 0.25) is 5.91 Å². The molecule has 2 aromatic heterocycles. The normalized spacial score (nSPS) is 12.9. The summed E-state index contributed by atoms with van der Waals surface area (Å²) in [6, 6.07) is 22.3. The third kappa shape index (κ3) is 3.88. The topological polar surface area (TPSA) is 56.0 Å². The Morgan fingerprint density at radius 3 is 2.61 bits per heavy atom. The van der Waals surface area contributed by atoms with Crippen LogP contribution in [-0.2, 0) is 24.7 Å². The lowest BCUT2D eigenvalue weighted by molar-refractivity contribution is -0.116. The number of fused-ring (bicyclic) bond motifs is 1. The third-order valence-electron chi connectivity index (χ3n) is 5.62. The second-order valence-electron chi connectivity index (χ2n) is 7.57. The lowest BCUT2D eigenvalue weighted by Gasteiger charge is -2.17.